The van der Waals surface area contributed by atoms with E-state index >= 15 is 0 Å². The number of rotatable bonds is 13. The molecule has 0 aromatic heterocycles. The van der Waals surface area contributed by atoms with Gasteiger partial charge in [0.15, 0.2) is 36.3 Å². The highest BCUT2D eigenvalue weighted by Crippen LogP contribution is 2.45. The van der Waals surface area contributed by atoms with Crippen LogP contribution in [0.4, 0.5) is 0 Å². The van der Waals surface area contributed by atoms with E-state index in [1.807, 2.05) is 32.9 Å². The summed E-state index contributed by atoms with van der Waals surface area (Å²) in [5, 5.41) is 76.1. The van der Waals surface area contributed by atoms with E-state index in [2.05, 4.69) is 0 Å². The highest BCUT2D eigenvalue weighted by molar-refractivity contribution is 6.39. The predicted octanol–water partition coefficient (Wildman–Crippen LogP) is 6.23. The smallest absolute Gasteiger partial charge is 0.342 e. The molecule has 0 spiro atoms. The summed E-state index contributed by atoms with van der Waals surface area (Å²) in [4.78, 5) is 40.3. The third kappa shape index (κ3) is 14.7. The lowest BCUT2D eigenvalue weighted by Crippen LogP contribution is -2.64. The van der Waals surface area contributed by atoms with Crippen LogP contribution in [0, 0.1) is 11.8 Å². The first kappa shape index (κ1) is 60.7. The highest BCUT2D eigenvalue weighted by atomic mass is 35.5. The van der Waals surface area contributed by atoms with Crippen molar-refractivity contribution in [2.75, 3.05) is 13.7 Å². The first-order valence-electron chi connectivity index (χ1n) is 24.2. The number of phenols is 2. The molecule has 1 aromatic rings. The van der Waals surface area contributed by atoms with Gasteiger partial charge < -0.3 is 73.6 Å². The Bertz CT molecular complexity index is 2220. The largest absolute Gasteiger partial charge is 0.505 e. The Morgan fingerprint density at radius 1 is 0.903 bits per heavy atom. The number of aliphatic hydroxyl groups is 5. The number of phenolic OH excluding ortho intramolecular Hbond substituents is 2. The number of methoxy groups -OCH3 is 1. The number of cyclic esters (lactones) is 1. The van der Waals surface area contributed by atoms with Crippen molar-refractivity contribution in [1.29, 1.82) is 0 Å². The van der Waals surface area contributed by atoms with Gasteiger partial charge in [0, 0.05) is 19.4 Å². The minimum Gasteiger partial charge on any atom is -0.505 e. The third-order valence-electron chi connectivity index (χ3n) is 13.0. The van der Waals surface area contributed by atoms with E-state index in [-0.39, 0.29) is 35.4 Å². The summed E-state index contributed by atoms with van der Waals surface area (Å²) in [7, 11) is 1.26. The van der Waals surface area contributed by atoms with Crippen molar-refractivity contribution >= 4 is 41.1 Å². The van der Waals surface area contributed by atoms with Gasteiger partial charge in [0.05, 0.1) is 53.1 Å². The summed E-state index contributed by atoms with van der Waals surface area (Å²) in [5.74, 6) is -4.92. The highest BCUT2D eigenvalue weighted by Gasteiger charge is 2.53. The number of esters is 3. The monoisotopic (exact) mass is 1060 g/mol. The van der Waals surface area contributed by atoms with Crippen LogP contribution in [-0.4, -0.2) is 153 Å². The van der Waals surface area contributed by atoms with Gasteiger partial charge in [0.1, 0.15) is 41.1 Å². The Kier molecular flexibility index (Phi) is 22.4. The summed E-state index contributed by atoms with van der Waals surface area (Å²) in [6, 6.07) is 0. The second-order valence-corrected chi connectivity index (χ2v) is 20.1. The number of hydrogen-bond acceptors (Lipinski definition) is 18. The van der Waals surface area contributed by atoms with E-state index < -0.39 is 144 Å². The summed E-state index contributed by atoms with van der Waals surface area (Å²) >= 11 is 12.3. The summed E-state index contributed by atoms with van der Waals surface area (Å²) in [5.41, 5.74) is 0.279. The van der Waals surface area contributed by atoms with E-state index in [0.717, 1.165) is 0 Å². The Morgan fingerprint density at radius 3 is 2.17 bits per heavy atom. The van der Waals surface area contributed by atoms with Crippen molar-refractivity contribution in [3.05, 3.63) is 79.9 Å². The molecule has 3 aliphatic heterocycles. The minimum absolute atomic E-state index is 0.0387. The van der Waals surface area contributed by atoms with Crippen molar-refractivity contribution in [1.82, 2.24) is 0 Å². The van der Waals surface area contributed by atoms with Crippen LogP contribution < -0.4 is 0 Å². The first-order valence-corrected chi connectivity index (χ1v) is 24.9. The van der Waals surface area contributed by atoms with Gasteiger partial charge in [-0.05, 0) is 90.5 Å². The molecule has 3 heterocycles. The maximum atomic E-state index is 14.0. The molecule has 0 bridgehead atoms. The zero-order valence-corrected chi connectivity index (χ0v) is 44.5. The molecule has 1 aromatic carbocycles. The zero-order valence-electron chi connectivity index (χ0n) is 43.0. The van der Waals surface area contributed by atoms with Crippen LogP contribution in [0.15, 0.2) is 58.7 Å². The average Bonchev–Trinajstić information content (AvgIpc) is 3.32. The van der Waals surface area contributed by atoms with Gasteiger partial charge in [0.2, 0.25) is 0 Å². The molecular formula is C52H74Cl2O18. The molecular weight excluding hydrogens is 983 g/mol. The standard InChI is InChI=1S/C52H74Cl2O18/c1-13-30-22-26(6)33(56)18-16-15-17-31(23-66-50-44(65-12)40(59)43(29(9)67-50)69-49(64)35-32(14-2)36(53)39(58)37(54)38(35)57)48(63)68-34(28(8)55)20-19-25(5)21-27(7)42(30)71-51-45(70-47(62)24(3)4)41(60)46(61)52(10,11)72-51/h15-17,19,21-22,24,28-30,33-34,40-46,50-51,55-61H,13-14,18,20,23H2,1-12H3/t28?,29-,30?,33?,34?,40+,41?,42-,43-,44+,45-,46-,50-,51+/m1/s1. The van der Waals surface area contributed by atoms with Crippen molar-refractivity contribution in [3.63, 3.8) is 0 Å². The molecule has 0 aliphatic carbocycles. The van der Waals surface area contributed by atoms with Crippen LogP contribution in [-0.2, 0) is 53.9 Å². The maximum Gasteiger partial charge on any atom is 0.342 e. The number of halogens is 2. The Labute approximate surface area is 431 Å². The van der Waals surface area contributed by atoms with Crippen molar-refractivity contribution in [3.8, 4) is 11.5 Å². The van der Waals surface area contributed by atoms with Crippen LogP contribution >= 0.6 is 23.2 Å². The van der Waals surface area contributed by atoms with Crippen molar-refractivity contribution < 1.29 is 88.0 Å². The third-order valence-corrected chi connectivity index (χ3v) is 13.8. The molecule has 0 radical (unpaired) electrons. The fourth-order valence-corrected chi connectivity index (χ4v) is 9.08. The molecule has 5 unspecified atom stereocenters. The van der Waals surface area contributed by atoms with Gasteiger partial charge in [-0.25, -0.2) is 9.59 Å². The minimum atomic E-state index is -1.57. The number of benzene rings is 1. The topological polar surface area (TPSA) is 267 Å². The molecule has 20 heteroatoms. The molecule has 4 rings (SSSR count). The lowest BCUT2D eigenvalue weighted by atomic mass is 9.88. The van der Waals surface area contributed by atoms with Crippen LogP contribution in [0.2, 0.25) is 10.0 Å². The Hall–Kier alpha value is -3.89. The second kappa shape index (κ2) is 26.5. The number of hydrogen-bond donors (Lipinski definition) is 7. The zero-order chi connectivity index (χ0) is 54.1. The summed E-state index contributed by atoms with van der Waals surface area (Å²) in [6.07, 6.45) is -5.45. The van der Waals surface area contributed by atoms with E-state index in [0.29, 0.717) is 23.1 Å². The second-order valence-electron chi connectivity index (χ2n) is 19.4. The quantitative estimate of drug-likeness (QED) is 0.0655. The van der Waals surface area contributed by atoms with E-state index in [4.69, 9.17) is 61.1 Å². The predicted molar refractivity (Wildman–Crippen MR) is 265 cm³/mol. The van der Waals surface area contributed by atoms with Gasteiger partial charge >= 0.3 is 17.9 Å². The molecule has 7 N–H and O–H groups in total. The van der Waals surface area contributed by atoms with Crippen molar-refractivity contribution in [2.24, 2.45) is 11.8 Å². The fourth-order valence-electron chi connectivity index (χ4n) is 8.52. The lowest BCUT2D eigenvalue weighted by molar-refractivity contribution is -0.333. The number of aromatic hydroxyl groups is 2. The first-order chi connectivity index (χ1) is 33.7. The van der Waals surface area contributed by atoms with Crippen molar-refractivity contribution in [2.45, 2.75) is 187 Å². The normalized spacial score (nSPS) is 31.5. The van der Waals surface area contributed by atoms with Gasteiger partial charge in [0.25, 0.3) is 0 Å². The Balaban J connectivity index is 1.64. The number of allylic oxidation sites excluding steroid dienone is 4. The molecule has 18 nitrogen and oxygen atoms in total. The van der Waals surface area contributed by atoms with E-state index in [1.54, 1.807) is 53.7 Å². The lowest BCUT2D eigenvalue weighted by Gasteiger charge is -2.47. The van der Waals surface area contributed by atoms with E-state index in [9.17, 15) is 50.1 Å². The molecule has 14 atom stereocenters. The molecule has 404 valence electrons. The van der Waals surface area contributed by atoms with Crippen LogP contribution in [0.25, 0.3) is 0 Å². The Morgan fingerprint density at radius 2 is 1.57 bits per heavy atom. The van der Waals surface area contributed by atoms with E-state index in [1.165, 1.54) is 33.1 Å². The number of carbonyl (C=O) groups is 3. The SMILES string of the molecule is CCc1c(Cl)c(O)c(Cl)c(O)c1C(=O)O[C@H]1[C@H](O)[C@H](OC)[C@H](OCC2=CC=CCC(O)C(C)=CC(CC)[C@H](O[C@H]3OC(C)(C)[C@H](O)C(O)[C@H]3OC(=O)C(C)C)C(C)=CC(C)=CCC(C(C)O)OC2=O)O[C@@H]1C. The average molecular weight is 1060 g/mol. The summed E-state index contributed by atoms with van der Waals surface area (Å²) < 4.78 is 47.8. The molecule has 0 saturated carbocycles. The summed E-state index contributed by atoms with van der Waals surface area (Å²) in [6.45, 7) is 18.0. The van der Waals surface area contributed by atoms with Crippen LogP contribution in [0.3, 0.4) is 0 Å². The number of aliphatic hydroxyl groups excluding tert-OH is 5. The number of ether oxygens (including phenoxy) is 8. The van der Waals surface area contributed by atoms with Gasteiger partial charge in [-0.15, -0.1) is 0 Å². The molecule has 2 fully saturated rings. The maximum absolute atomic E-state index is 14.0. The number of carbonyl (C=O) groups excluding carboxylic acids is 3. The molecule has 2 saturated heterocycles. The van der Waals surface area contributed by atoms with Crippen LogP contribution in [0.1, 0.15) is 111 Å². The molecule has 0 amide bonds. The van der Waals surface area contributed by atoms with Gasteiger partial charge in [-0.3, -0.25) is 4.79 Å². The van der Waals surface area contributed by atoms with Crippen LogP contribution in [0.5, 0.6) is 11.5 Å². The van der Waals surface area contributed by atoms with Gasteiger partial charge in [-0.2, -0.15) is 0 Å². The van der Waals surface area contributed by atoms with Gasteiger partial charge in [-0.1, -0.05) is 86.9 Å². The molecule has 3 aliphatic rings. The molecule has 72 heavy (non-hydrogen) atoms. The fraction of sp³-hybridized carbons (Fsp3) is 0.635.